The van der Waals surface area contributed by atoms with Crippen molar-refractivity contribution in [2.24, 2.45) is 0 Å². The Labute approximate surface area is 175 Å². The number of nitrogens with zero attached hydrogens (tertiary/aromatic N) is 1. The third-order valence-electron chi connectivity index (χ3n) is 6.36. The van der Waals surface area contributed by atoms with Gasteiger partial charge < -0.3 is 5.32 Å². The highest BCUT2D eigenvalue weighted by Crippen LogP contribution is 2.38. The van der Waals surface area contributed by atoms with Gasteiger partial charge in [-0.15, -0.1) is 0 Å². The molecule has 2 aliphatic rings. The Bertz CT molecular complexity index is 832. The van der Waals surface area contributed by atoms with Gasteiger partial charge >= 0.3 is 6.03 Å². The summed E-state index contributed by atoms with van der Waals surface area (Å²) in [5, 5.41) is 2.90. The molecule has 0 aliphatic heterocycles. The van der Waals surface area contributed by atoms with Gasteiger partial charge in [0.05, 0.1) is 5.75 Å². The van der Waals surface area contributed by atoms with E-state index < -0.39 is 16.1 Å². The highest BCUT2D eigenvalue weighted by Gasteiger charge is 2.26. The molecule has 29 heavy (non-hydrogen) atoms. The van der Waals surface area contributed by atoms with E-state index in [1.807, 2.05) is 6.92 Å². The molecule has 0 radical (unpaired) electrons. The number of carbonyl (C=O) groups is 1. The molecule has 1 unspecified atom stereocenters. The predicted octanol–water partition coefficient (Wildman–Crippen LogP) is 3.62. The van der Waals surface area contributed by atoms with Gasteiger partial charge in [0.1, 0.15) is 0 Å². The number of fused-ring (bicyclic) bond motifs is 2. The fourth-order valence-electron chi connectivity index (χ4n) is 4.98. The van der Waals surface area contributed by atoms with E-state index in [4.69, 9.17) is 0 Å². The van der Waals surface area contributed by atoms with Crippen molar-refractivity contribution >= 4 is 21.7 Å². The number of amides is 2. The molecular formula is C22H35N3O3S. The lowest BCUT2D eigenvalue weighted by molar-refractivity contribution is 0.170. The zero-order valence-electron chi connectivity index (χ0n) is 18.2. The molecule has 0 bridgehead atoms. The Hall–Kier alpha value is -1.60. The maximum absolute atomic E-state index is 12.6. The van der Waals surface area contributed by atoms with E-state index in [2.05, 4.69) is 41.8 Å². The third-order valence-corrected chi connectivity index (χ3v) is 7.63. The van der Waals surface area contributed by atoms with Gasteiger partial charge in [0.2, 0.25) is 10.0 Å². The average molecular weight is 422 g/mol. The van der Waals surface area contributed by atoms with Crippen LogP contribution in [0.3, 0.4) is 0 Å². The van der Waals surface area contributed by atoms with Gasteiger partial charge in [-0.25, -0.2) is 17.9 Å². The lowest BCUT2D eigenvalue weighted by Gasteiger charge is -2.31. The number of hydrogen-bond acceptors (Lipinski definition) is 4. The molecule has 0 fully saturated rings. The first kappa shape index (κ1) is 22.1. The summed E-state index contributed by atoms with van der Waals surface area (Å²) in [5.74, 6) is -0.0597. The van der Waals surface area contributed by atoms with Crippen LogP contribution >= 0.6 is 0 Å². The fraction of sp³-hybridized carbons (Fsp3) is 0.682. The first-order valence-corrected chi connectivity index (χ1v) is 12.6. The van der Waals surface area contributed by atoms with Crippen molar-refractivity contribution in [2.45, 2.75) is 84.7 Å². The number of nitrogens with one attached hydrogen (secondary N) is 2. The molecule has 2 aliphatic carbocycles. The minimum atomic E-state index is -3.68. The Kier molecular flexibility index (Phi) is 6.89. The van der Waals surface area contributed by atoms with Crippen LogP contribution in [0.5, 0.6) is 0 Å². The van der Waals surface area contributed by atoms with E-state index in [1.54, 1.807) is 0 Å². The summed E-state index contributed by atoms with van der Waals surface area (Å²) < 4.78 is 27.2. The first-order chi connectivity index (χ1) is 13.7. The van der Waals surface area contributed by atoms with Crippen molar-refractivity contribution in [3.63, 3.8) is 0 Å². The van der Waals surface area contributed by atoms with Crippen LogP contribution in [-0.4, -0.2) is 43.7 Å². The number of anilines is 1. The van der Waals surface area contributed by atoms with Crippen molar-refractivity contribution in [1.29, 1.82) is 0 Å². The molecule has 7 heteroatoms. The fourth-order valence-corrected chi connectivity index (χ4v) is 6.06. The van der Waals surface area contributed by atoms with Crippen LogP contribution in [0.15, 0.2) is 6.07 Å². The van der Waals surface area contributed by atoms with Crippen LogP contribution in [0.25, 0.3) is 0 Å². The lowest BCUT2D eigenvalue weighted by Crippen LogP contribution is -2.41. The first-order valence-electron chi connectivity index (χ1n) is 11.0. The zero-order valence-corrected chi connectivity index (χ0v) is 19.0. The number of benzene rings is 1. The maximum Gasteiger partial charge on any atom is 0.332 e. The quantitative estimate of drug-likeness (QED) is 0.672. The number of rotatable bonds is 8. The van der Waals surface area contributed by atoms with Crippen molar-refractivity contribution in [1.82, 2.24) is 9.62 Å². The molecule has 0 saturated heterocycles. The van der Waals surface area contributed by atoms with E-state index in [-0.39, 0.29) is 11.8 Å². The van der Waals surface area contributed by atoms with E-state index in [0.717, 1.165) is 50.8 Å². The molecule has 0 aromatic heterocycles. The van der Waals surface area contributed by atoms with E-state index in [1.165, 1.54) is 22.3 Å². The van der Waals surface area contributed by atoms with E-state index in [0.29, 0.717) is 12.5 Å². The van der Waals surface area contributed by atoms with Crippen molar-refractivity contribution < 1.29 is 13.2 Å². The Morgan fingerprint density at radius 2 is 1.66 bits per heavy atom. The standard InChI is InChI=1S/C22H35N3O3S/c1-5-25(15(2)3)16(4)12-13-29(27,28)24-22(26)23-21-19-10-6-8-17(19)14-18-9-7-11-20(18)21/h14-16H,5-13H2,1-4H3,(H2,23,24,26). The molecule has 0 heterocycles. The van der Waals surface area contributed by atoms with Crippen LogP contribution in [0, 0.1) is 0 Å². The molecule has 0 saturated carbocycles. The molecule has 0 spiro atoms. The van der Waals surface area contributed by atoms with Gasteiger partial charge in [-0.1, -0.05) is 13.0 Å². The van der Waals surface area contributed by atoms with Gasteiger partial charge in [-0.2, -0.15) is 0 Å². The van der Waals surface area contributed by atoms with Crippen LogP contribution < -0.4 is 10.0 Å². The van der Waals surface area contributed by atoms with Crippen LogP contribution in [0.2, 0.25) is 0 Å². The number of carbonyl (C=O) groups excluding carboxylic acids is 1. The topological polar surface area (TPSA) is 78.5 Å². The molecule has 2 N–H and O–H groups in total. The van der Waals surface area contributed by atoms with Crippen LogP contribution in [-0.2, 0) is 35.7 Å². The number of sulfonamides is 1. The Morgan fingerprint density at radius 1 is 1.07 bits per heavy atom. The molecule has 162 valence electrons. The highest BCUT2D eigenvalue weighted by molar-refractivity contribution is 7.90. The number of urea groups is 1. The summed E-state index contributed by atoms with van der Waals surface area (Å²) in [6.07, 6.45) is 6.65. The Balaban J connectivity index is 1.64. The molecule has 6 nitrogen and oxygen atoms in total. The summed E-state index contributed by atoms with van der Waals surface area (Å²) in [6, 6.07) is 2.15. The summed E-state index contributed by atoms with van der Waals surface area (Å²) in [5.41, 5.74) is 5.88. The summed E-state index contributed by atoms with van der Waals surface area (Å²) in [4.78, 5) is 14.8. The highest BCUT2D eigenvalue weighted by atomic mass is 32.2. The minimum absolute atomic E-state index is 0.0597. The Morgan fingerprint density at radius 3 is 2.17 bits per heavy atom. The molecule has 1 aromatic rings. The average Bonchev–Trinajstić information content (AvgIpc) is 3.28. The number of aryl methyl sites for hydroxylation is 2. The smallest absolute Gasteiger partial charge is 0.307 e. The van der Waals surface area contributed by atoms with Gasteiger partial charge in [0.15, 0.2) is 0 Å². The largest absolute Gasteiger partial charge is 0.332 e. The molecule has 1 atom stereocenters. The molecule has 3 rings (SSSR count). The predicted molar refractivity (Wildman–Crippen MR) is 118 cm³/mol. The van der Waals surface area contributed by atoms with Gasteiger partial charge in [0.25, 0.3) is 0 Å². The second-order valence-corrected chi connectivity index (χ2v) is 10.5. The van der Waals surface area contributed by atoms with Crippen molar-refractivity contribution in [2.75, 3.05) is 17.6 Å². The van der Waals surface area contributed by atoms with E-state index >= 15 is 0 Å². The lowest BCUT2D eigenvalue weighted by atomic mass is 9.99. The van der Waals surface area contributed by atoms with Gasteiger partial charge in [-0.05, 0) is 94.5 Å². The molecular weight excluding hydrogens is 386 g/mol. The van der Waals surface area contributed by atoms with Crippen molar-refractivity contribution in [3.05, 3.63) is 28.3 Å². The number of hydrogen-bond donors (Lipinski definition) is 2. The second-order valence-electron chi connectivity index (χ2n) is 8.67. The SMILES string of the molecule is CCN(C(C)C)C(C)CCS(=O)(=O)NC(=O)Nc1c2c(cc3c1CCC3)CCC2. The zero-order chi connectivity index (χ0) is 21.2. The van der Waals surface area contributed by atoms with Crippen molar-refractivity contribution in [3.8, 4) is 0 Å². The van der Waals surface area contributed by atoms with Crippen LogP contribution in [0.1, 0.15) is 69.2 Å². The van der Waals surface area contributed by atoms with Gasteiger partial charge in [0, 0.05) is 17.8 Å². The van der Waals surface area contributed by atoms with Crippen LogP contribution in [0.4, 0.5) is 10.5 Å². The normalized spacial score (nSPS) is 16.8. The summed E-state index contributed by atoms with van der Waals surface area (Å²) in [6.45, 7) is 9.20. The summed E-state index contributed by atoms with van der Waals surface area (Å²) >= 11 is 0. The minimum Gasteiger partial charge on any atom is -0.307 e. The van der Waals surface area contributed by atoms with Gasteiger partial charge in [-0.3, -0.25) is 4.90 Å². The second kappa shape index (κ2) is 9.04. The molecule has 1 aromatic carbocycles. The monoisotopic (exact) mass is 421 g/mol. The van der Waals surface area contributed by atoms with E-state index in [9.17, 15) is 13.2 Å². The maximum atomic E-state index is 12.6. The molecule has 2 amide bonds. The summed E-state index contributed by atoms with van der Waals surface area (Å²) in [7, 11) is -3.68. The third kappa shape index (κ3) is 5.12.